The molecular weight excluding hydrogens is 238 g/mol. The molecule has 0 unspecified atom stereocenters. The van der Waals surface area contributed by atoms with Crippen LogP contribution in [-0.2, 0) is 0 Å². The number of aromatic amines is 1. The molecule has 0 saturated carbocycles. The van der Waals surface area contributed by atoms with Crippen molar-refractivity contribution in [2.75, 3.05) is 0 Å². The summed E-state index contributed by atoms with van der Waals surface area (Å²) in [5.41, 5.74) is 3.61. The molecule has 19 heavy (non-hydrogen) atoms. The van der Waals surface area contributed by atoms with Crippen molar-refractivity contribution in [1.29, 1.82) is 0 Å². The van der Waals surface area contributed by atoms with E-state index in [1.54, 1.807) is 6.07 Å². The van der Waals surface area contributed by atoms with Crippen molar-refractivity contribution in [2.24, 2.45) is 0 Å². The average molecular weight is 249 g/mol. The van der Waals surface area contributed by atoms with E-state index in [9.17, 15) is 4.79 Å². The summed E-state index contributed by atoms with van der Waals surface area (Å²) in [5, 5.41) is 3.29. The van der Waals surface area contributed by atoms with Crippen LogP contribution in [-0.4, -0.2) is 4.98 Å². The Labute approximate surface area is 108 Å². The SMILES string of the molecule is Cc1ccc2[nH]c3cc4oc(=O)ccc4cc3c2c1. The Morgan fingerprint density at radius 1 is 0.947 bits per heavy atom. The van der Waals surface area contributed by atoms with Crippen LogP contribution in [0.2, 0.25) is 0 Å². The van der Waals surface area contributed by atoms with Gasteiger partial charge in [-0.3, -0.25) is 0 Å². The van der Waals surface area contributed by atoms with E-state index in [1.165, 1.54) is 17.0 Å². The minimum Gasteiger partial charge on any atom is -0.423 e. The molecule has 0 fully saturated rings. The van der Waals surface area contributed by atoms with Gasteiger partial charge in [-0.1, -0.05) is 11.6 Å². The summed E-state index contributed by atoms with van der Waals surface area (Å²) >= 11 is 0. The number of hydrogen-bond donors (Lipinski definition) is 1. The molecule has 0 aliphatic rings. The number of H-pyrrole nitrogens is 1. The van der Waals surface area contributed by atoms with Gasteiger partial charge in [-0.05, 0) is 31.2 Å². The van der Waals surface area contributed by atoms with Crippen molar-refractivity contribution in [2.45, 2.75) is 6.92 Å². The van der Waals surface area contributed by atoms with Gasteiger partial charge in [0.05, 0.1) is 5.52 Å². The zero-order chi connectivity index (χ0) is 13.0. The molecule has 3 heteroatoms. The highest BCUT2D eigenvalue weighted by Crippen LogP contribution is 2.29. The van der Waals surface area contributed by atoms with Crippen molar-refractivity contribution in [3.8, 4) is 0 Å². The van der Waals surface area contributed by atoms with Crippen LogP contribution in [0, 0.1) is 6.92 Å². The topological polar surface area (TPSA) is 46.0 Å². The average Bonchev–Trinajstić information content (AvgIpc) is 2.73. The number of fused-ring (bicyclic) bond motifs is 4. The van der Waals surface area contributed by atoms with E-state index in [2.05, 4.69) is 36.2 Å². The van der Waals surface area contributed by atoms with Crippen LogP contribution in [0.15, 0.2) is 51.7 Å². The van der Waals surface area contributed by atoms with E-state index in [0.717, 1.165) is 21.8 Å². The molecule has 2 heterocycles. The van der Waals surface area contributed by atoms with Gasteiger partial charge in [0, 0.05) is 33.8 Å². The molecule has 0 amide bonds. The Balaban J connectivity index is 2.23. The highest BCUT2D eigenvalue weighted by molar-refractivity contribution is 6.11. The lowest BCUT2D eigenvalue weighted by molar-refractivity contribution is 0.561. The summed E-state index contributed by atoms with van der Waals surface area (Å²) in [6, 6.07) is 13.5. The van der Waals surface area contributed by atoms with Crippen LogP contribution in [0.4, 0.5) is 0 Å². The quantitative estimate of drug-likeness (QED) is 0.482. The van der Waals surface area contributed by atoms with Gasteiger partial charge in [-0.15, -0.1) is 0 Å². The highest BCUT2D eigenvalue weighted by Gasteiger charge is 2.07. The van der Waals surface area contributed by atoms with Crippen LogP contribution >= 0.6 is 0 Å². The van der Waals surface area contributed by atoms with Crippen LogP contribution in [0.25, 0.3) is 32.8 Å². The first-order chi connectivity index (χ1) is 9.20. The Morgan fingerprint density at radius 2 is 1.79 bits per heavy atom. The summed E-state index contributed by atoms with van der Waals surface area (Å²) in [4.78, 5) is 14.6. The second-order valence-electron chi connectivity index (χ2n) is 4.86. The smallest absolute Gasteiger partial charge is 0.336 e. The number of benzene rings is 2. The summed E-state index contributed by atoms with van der Waals surface area (Å²) < 4.78 is 5.21. The standard InChI is InChI=1S/C16H11NO2/c1-9-2-4-13-11(6-9)12-7-10-3-5-16(18)19-15(10)8-14(12)17-13/h2-8,17H,1H3. The fraction of sp³-hybridized carbons (Fsp3) is 0.0625. The number of rotatable bonds is 0. The molecule has 0 spiro atoms. The molecular formula is C16H11NO2. The second-order valence-corrected chi connectivity index (χ2v) is 4.86. The molecule has 0 bridgehead atoms. The van der Waals surface area contributed by atoms with E-state index in [0.29, 0.717) is 5.58 Å². The van der Waals surface area contributed by atoms with Crippen molar-refractivity contribution in [1.82, 2.24) is 4.98 Å². The molecule has 0 atom stereocenters. The second kappa shape index (κ2) is 3.48. The fourth-order valence-corrected chi connectivity index (χ4v) is 2.58. The van der Waals surface area contributed by atoms with Crippen molar-refractivity contribution < 1.29 is 4.42 Å². The molecule has 0 aliphatic heterocycles. The van der Waals surface area contributed by atoms with Crippen molar-refractivity contribution in [3.05, 3.63) is 58.4 Å². The minimum absolute atomic E-state index is 0.321. The predicted octanol–water partition coefficient (Wildman–Crippen LogP) is 3.74. The maximum Gasteiger partial charge on any atom is 0.336 e. The van der Waals surface area contributed by atoms with Crippen LogP contribution < -0.4 is 5.63 Å². The molecule has 3 nitrogen and oxygen atoms in total. The highest BCUT2D eigenvalue weighted by atomic mass is 16.4. The third-order valence-corrected chi connectivity index (χ3v) is 3.49. The van der Waals surface area contributed by atoms with E-state index in [4.69, 9.17) is 4.42 Å². The first-order valence-electron chi connectivity index (χ1n) is 6.17. The van der Waals surface area contributed by atoms with Gasteiger partial charge in [-0.25, -0.2) is 4.79 Å². The monoisotopic (exact) mass is 249 g/mol. The summed E-state index contributed by atoms with van der Waals surface area (Å²) in [5.74, 6) is 0. The lowest BCUT2D eigenvalue weighted by Crippen LogP contribution is -1.93. The van der Waals surface area contributed by atoms with Gasteiger partial charge < -0.3 is 9.40 Å². The van der Waals surface area contributed by atoms with Gasteiger partial charge in [0.15, 0.2) is 0 Å². The molecule has 4 aromatic rings. The van der Waals surface area contributed by atoms with Gasteiger partial charge in [0.1, 0.15) is 5.58 Å². The Hall–Kier alpha value is -2.55. The van der Waals surface area contributed by atoms with Gasteiger partial charge in [0.25, 0.3) is 0 Å². The van der Waals surface area contributed by atoms with E-state index in [1.807, 2.05) is 6.07 Å². The lowest BCUT2D eigenvalue weighted by atomic mass is 10.1. The minimum atomic E-state index is -0.321. The molecule has 0 radical (unpaired) electrons. The first kappa shape index (κ1) is 10.4. The van der Waals surface area contributed by atoms with Crippen molar-refractivity contribution in [3.63, 3.8) is 0 Å². The molecule has 0 aliphatic carbocycles. The van der Waals surface area contributed by atoms with Crippen LogP contribution in [0.1, 0.15) is 5.56 Å². The largest absolute Gasteiger partial charge is 0.423 e. The van der Waals surface area contributed by atoms with E-state index >= 15 is 0 Å². The van der Waals surface area contributed by atoms with Gasteiger partial charge >= 0.3 is 5.63 Å². The third-order valence-electron chi connectivity index (χ3n) is 3.49. The molecule has 1 N–H and O–H groups in total. The summed E-state index contributed by atoms with van der Waals surface area (Å²) in [7, 11) is 0. The zero-order valence-corrected chi connectivity index (χ0v) is 10.4. The van der Waals surface area contributed by atoms with Gasteiger partial charge in [0.2, 0.25) is 0 Å². The molecule has 92 valence electrons. The Kier molecular flexibility index (Phi) is 1.90. The normalized spacial score (nSPS) is 11.6. The zero-order valence-electron chi connectivity index (χ0n) is 10.4. The van der Waals surface area contributed by atoms with E-state index in [-0.39, 0.29) is 5.63 Å². The summed E-state index contributed by atoms with van der Waals surface area (Å²) in [6.45, 7) is 2.08. The number of hydrogen-bond acceptors (Lipinski definition) is 2. The number of nitrogens with one attached hydrogen (secondary N) is 1. The van der Waals surface area contributed by atoms with Crippen LogP contribution in [0.5, 0.6) is 0 Å². The van der Waals surface area contributed by atoms with Crippen LogP contribution in [0.3, 0.4) is 0 Å². The predicted molar refractivity (Wildman–Crippen MR) is 76.6 cm³/mol. The number of aryl methyl sites for hydroxylation is 1. The Bertz CT molecular complexity index is 992. The maximum atomic E-state index is 11.3. The number of aromatic nitrogens is 1. The molecule has 0 saturated heterocycles. The lowest BCUT2D eigenvalue weighted by Gasteiger charge is -1.97. The maximum absolute atomic E-state index is 11.3. The molecule has 2 aromatic heterocycles. The van der Waals surface area contributed by atoms with E-state index < -0.39 is 0 Å². The molecule has 4 rings (SSSR count). The van der Waals surface area contributed by atoms with Crippen molar-refractivity contribution >= 4 is 32.8 Å². The molecule has 2 aromatic carbocycles. The first-order valence-corrected chi connectivity index (χ1v) is 6.17. The fourth-order valence-electron chi connectivity index (χ4n) is 2.58. The van der Waals surface area contributed by atoms with Gasteiger partial charge in [-0.2, -0.15) is 0 Å². The summed E-state index contributed by atoms with van der Waals surface area (Å²) in [6.07, 6.45) is 0. The Morgan fingerprint density at radius 3 is 2.68 bits per heavy atom. The third kappa shape index (κ3) is 1.48.